The van der Waals surface area contributed by atoms with Crippen molar-refractivity contribution in [3.05, 3.63) is 64.9 Å². The predicted octanol–water partition coefficient (Wildman–Crippen LogP) is 3.58. The average molecular weight is 346 g/mol. The topological polar surface area (TPSA) is 54.5 Å². The minimum Gasteiger partial charge on any atom is -0.370 e. The van der Waals surface area contributed by atoms with Crippen molar-refractivity contribution in [2.24, 2.45) is 0 Å². The Hall–Kier alpha value is -2.11. The van der Waals surface area contributed by atoms with Crippen molar-refractivity contribution >= 4 is 17.6 Å². The molecule has 0 spiro atoms. The SMILES string of the molecule is C[C@@H](NC(=O)N1CCO[C@H](c2ccccc2Cl)C1)c1ccncc1. The molecule has 24 heavy (non-hydrogen) atoms. The fourth-order valence-corrected chi connectivity index (χ4v) is 3.03. The number of benzene rings is 1. The van der Waals surface area contributed by atoms with Gasteiger partial charge in [-0.3, -0.25) is 4.98 Å². The van der Waals surface area contributed by atoms with Crippen LogP contribution in [0.3, 0.4) is 0 Å². The van der Waals surface area contributed by atoms with Gasteiger partial charge in [-0.1, -0.05) is 29.8 Å². The van der Waals surface area contributed by atoms with Gasteiger partial charge in [-0.2, -0.15) is 0 Å². The number of nitrogens with one attached hydrogen (secondary N) is 1. The summed E-state index contributed by atoms with van der Waals surface area (Å²) in [6.45, 7) is 3.50. The molecule has 0 aliphatic carbocycles. The highest BCUT2D eigenvalue weighted by Gasteiger charge is 2.27. The van der Waals surface area contributed by atoms with Gasteiger partial charge in [0.1, 0.15) is 6.10 Å². The minimum absolute atomic E-state index is 0.0814. The summed E-state index contributed by atoms with van der Waals surface area (Å²) in [7, 11) is 0. The van der Waals surface area contributed by atoms with E-state index in [0.29, 0.717) is 24.7 Å². The largest absolute Gasteiger partial charge is 0.370 e. The number of urea groups is 1. The van der Waals surface area contributed by atoms with Crippen LogP contribution >= 0.6 is 11.6 Å². The van der Waals surface area contributed by atoms with E-state index >= 15 is 0 Å². The van der Waals surface area contributed by atoms with Crippen LogP contribution in [0.5, 0.6) is 0 Å². The molecule has 1 aromatic carbocycles. The van der Waals surface area contributed by atoms with Gasteiger partial charge in [0.2, 0.25) is 0 Å². The molecule has 1 saturated heterocycles. The van der Waals surface area contributed by atoms with E-state index in [1.165, 1.54) is 0 Å². The zero-order valence-electron chi connectivity index (χ0n) is 13.5. The summed E-state index contributed by atoms with van der Waals surface area (Å²) in [6, 6.07) is 11.2. The second-order valence-electron chi connectivity index (χ2n) is 5.78. The summed E-state index contributed by atoms with van der Waals surface area (Å²) in [5.74, 6) is 0. The zero-order valence-corrected chi connectivity index (χ0v) is 14.2. The second-order valence-corrected chi connectivity index (χ2v) is 6.19. The number of amides is 2. The lowest BCUT2D eigenvalue weighted by molar-refractivity contribution is -0.0156. The number of hydrogen-bond acceptors (Lipinski definition) is 3. The molecule has 6 heteroatoms. The first kappa shape index (κ1) is 16.7. The van der Waals surface area contributed by atoms with Gasteiger partial charge in [-0.25, -0.2) is 4.79 Å². The number of aromatic nitrogens is 1. The number of carbonyl (C=O) groups is 1. The molecule has 3 rings (SSSR count). The summed E-state index contributed by atoms with van der Waals surface area (Å²) in [6.07, 6.45) is 3.25. The zero-order chi connectivity index (χ0) is 16.9. The van der Waals surface area contributed by atoms with Gasteiger partial charge >= 0.3 is 6.03 Å². The van der Waals surface area contributed by atoms with Gasteiger partial charge in [0, 0.05) is 29.5 Å². The van der Waals surface area contributed by atoms with E-state index in [0.717, 1.165) is 11.1 Å². The Bertz CT molecular complexity index is 696. The number of pyridine rings is 1. The minimum atomic E-state index is -0.200. The van der Waals surface area contributed by atoms with Gasteiger partial charge in [-0.15, -0.1) is 0 Å². The second kappa shape index (κ2) is 7.64. The van der Waals surface area contributed by atoms with E-state index in [-0.39, 0.29) is 18.2 Å². The van der Waals surface area contributed by atoms with E-state index < -0.39 is 0 Å². The molecular weight excluding hydrogens is 326 g/mol. The number of rotatable bonds is 3. The summed E-state index contributed by atoms with van der Waals surface area (Å²) in [5.41, 5.74) is 1.94. The van der Waals surface area contributed by atoms with Crippen LogP contribution in [0, 0.1) is 0 Å². The van der Waals surface area contributed by atoms with E-state index in [1.54, 1.807) is 17.3 Å². The third kappa shape index (κ3) is 3.86. The molecule has 5 nitrogen and oxygen atoms in total. The summed E-state index contributed by atoms with van der Waals surface area (Å²) in [5, 5.41) is 3.69. The van der Waals surface area contributed by atoms with Crippen molar-refractivity contribution in [1.82, 2.24) is 15.2 Å². The first-order valence-electron chi connectivity index (χ1n) is 7.96. The molecule has 0 bridgehead atoms. The smallest absolute Gasteiger partial charge is 0.318 e. The predicted molar refractivity (Wildman–Crippen MR) is 92.9 cm³/mol. The first-order chi connectivity index (χ1) is 11.6. The van der Waals surface area contributed by atoms with Crippen LogP contribution in [0.1, 0.15) is 30.2 Å². The van der Waals surface area contributed by atoms with Crippen molar-refractivity contribution < 1.29 is 9.53 Å². The molecule has 0 saturated carbocycles. The van der Waals surface area contributed by atoms with Crippen LogP contribution in [0.15, 0.2) is 48.8 Å². The maximum absolute atomic E-state index is 12.6. The quantitative estimate of drug-likeness (QED) is 0.925. The third-order valence-electron chi connectivity index (χ3n) is 4.15. The first-order valence-corrected chi connectivity index (χ1v) is 8.34. The molecule has 2 aromatic rings. The van der Waals surface area contributed by atoms with E-state index in [1.807, 2.05) is 43.3 Å². The van der Waals surface area contributed by atoms with E-state index in [4.69, 9.17) is 16.3 Å². The van der Waals surface area contributed by atoms with Crippen molar-refractivity contribution in [1.29, 1.82) is 0 Å². The lowest BCUT2D eigenvalue weighted by Gasteiger charge is -2.34. The highest BCUT2D eigenvalue weighted by molar-refractivity contribution is 6.31. The number of ether oxygens (including phenoxy) is 1. The maximum Gasteiger partial charge on any atom is 0.318 e. The monoisotopic (exact) mass is 345 g/mol. The summed E-state index contributed by atoms with van der Waals surface area (Å²) in [4.78, 5) is 18.3. The van der Waals surface area contributed by atoms with Crippen LogP contribution in [-0.4, -0.2) is 35.6 Å². The molecule has 1 fully saturated rings. The molecule has 126 valence electrons. The fraction of sp³-hybridized carbons (Fsp3) is 0.333. The number of carbonyl (C=O) groups excluding carboxylic acids is 1. The highest BCUT2D eigenvalue weighted by atomic mass is 35.5. The molecule has 1 aliphatic rings. The normalized spacial score (nSPS) is 18.9. The Morgan fingerprint density at radius 3 is 2.83 bits per heavy atom. The Morgan fingerprint density at radius 2 is 2.08 bits per heavy atom. The Kier molecular flexibility index (Phi) is 5.33. The average Bonchev–Trinajstić information content (AvgIpc) is 2.63. The molecule has 2 heterocycles. The van der Waals surface area contributed by atoms with Gasteiger partial charge < -0.3 is 15.0 Å². The number of morpholine rings is 1. The lowest BCUT2D eigenvalue weighted by atomic mass is 10.1. The molecule has 2 atom stereocenters. The van der Waals surface area contributed by atoms with Gasteiger partial charge in [0.15, 0.2) is 0 Å². The van der Waals surface area contributed by atoms with Gasteiger partial charge in [0.25, 0.3) is 0 Å². The Labute approximate surface area is 146 Å². The van der Waals surface area contributed by atoms with Crippen molar-refractivity contribution in [2.45, 2.75) is 19.1 Å². The molecule has 1 aromatic heterocycles. The molecule has 0 radical (unpaired) electrons. The summed E-state index contributed by atoms with van der Waals surface area (Å²) < 4.78 is 5.80. The van der Waals surface area contributed by atoms with Crippen molar-refractivity contribution in [3.8, 4) is 0 Å². The molecule has 2 amide bonds. The number of halogens is 1. The Balaban J connectivity index is 1.64. The van der Waals surface area contributed by atoms with Crippen LogP contribution < -0.4 is 5.32 Å². The van der Waals surface area contributed by atoms with E-state index in [9.17, 15) is 4.79 Å². The van der Waals surface area contributed by atoms with Crippen LogP contribution in [0.25, 0.3) is 0 Å². The number of hydrogen-bond donors (Lipinski definition) is 1. The molecule has 1 aliphatic heterocycles. The van der Waals surface area contributed by atoms with Gasteiger partial charge in [0.05, 0.1) is 19.2 Å². The molecule has 1 N–H and O–H groups in total. The highest BCUT2D eigenvalue weighted by Crippen LogP contribution is 2.28. The van der Waals surface area contributed by atoms with Crippen LogP contribution in [0.2, 0.25) is 5.02 Å². The Morgan fingerprint density at radius 1 is 1.33 bits per heavy atom. The van der Waals surface area contributed by atoms with Crippen LogP contribution in [0.4, 0.5) is 4.79 Å². The van der Waals surface area contributed by atoms with Crippen LogP contribution in [-0.2, 0) is 4.74 Å². The molecular formula is C18H20ClN3O2. The molecule has 0 unspecified atom stereocenters. The third-order valence-corrected chi connectivity index (χ3v) is 4.50. The van der Waals surface area contributed by atoms with Gasteiger partial charge in [-0.05, 0) is 30.7 Å². The maximum atomic E-state index is 12.6. The van der Waals surface area contributed by atoms with Crippen molar-refractivity contribution in [3.63, 3.8) is 0 Å². The standard InChI is InChI=1S/C18H20ClN3O2/c1-13(14-6-8-20-9-7-14)21-18(23)22-10-11-24-17(12-22)15-4-2-3-5-16(15)19/h2-9,13,17H,10-12H2,1H3,(H,21,23)/t13-,17+/m1/s1. The summed E-state index contributed by atoms with van der Waals surface area (Å²) >= 11 is 6.24. The van der Waals surface area contributed by atoms with E-state index in [2.05, 4.69) is 10.3 Å². The number of nitrogens with zero attached hydrogens (tertiary/aromatic N) is 2. The fourth-order valence-electron chi connectivity index (χ4n) is 2.77. The lowest BCUT2D eigenvalue weighted by Crippen LogP contribution is -2.47. The van der Waals surface area contributed by atoms with Crippen molar-refractivity contribution in [2.75, 3.05) is 19.7 Å².